The van der Waals surface area contributed by atoms with Crippen molar-refractivity contribution in [2.75, 3.05) is 7.11 Å². The van der Waals surface area contributed by atoms with Gasteiger partial charge in [-0.2, -0.15) is 0 Å². The number of hydrogen-bond acceptors (Lipinski definition) is 4. The number of ether oxygens (including phenoxy) is 1. The molecule has 0 aromatic carbocycles. The van der Waals surface area contributed by atoms with Crippen molar-refractivity contribution in [3.63, 3.8) is 0 Å². The summed E-state index contributed by atoms with van der Waals surface area (Å²) < 4.78 is 7.53. The fourth-order valence-corrected chi connectivity index (χ4v) is 3.99. The lowest BCUT2D eigenvalue weighted by Crippen LogP contribution is -2.24. The Bertz CT molecular complexity index is 688. The van der Waals surface area contributed by atoms with Crippen LogP contribution in [0.1, 0.15) is 37.4 Å². The standard InChI is InChI=1S/C14H15BrClN3O2/c1-21-14(20)9-4-2-3-8(7-9)13-18-11(15)10-12(16)17-5-6-19(10)13/h5-6,8-9H,2-4,7H2,1H3/t8-,9+/m1/s1. The van der Waals surface area contributed by atoms with Gasteiger partial charge in [-0.05, 0) is 35.2 Å². The van der Waals surface area contributed by atoms with Crippen LogP contribution < -0.4 is 0 Å². The van der Waals surface area contributed by atoms with E-state index in [9.17, 15) is 4.79 Å². The van der Waals surface area contributed by atoms with Crippen molar-refractivity contribution in [3.05, 3.63) is 28.0 Å². The van der Waals surface area contributed by atoms with Crippen molar-refractivity contribution in [1.82, 2.24) is 14.4 Å². The number of carbonyl (C=O) groups excluding carboxylic acids is 1. The molecule has 1 fully saturated rings. The second-order valence-electron chi connectivity index (χ2n) is 5.28. The first-order valence-electron chi connectivity index (χ1n) is 6.87. The highest BCUT2D eigenvalue weighted by atomic mass is 79.9. The summed E-state index contributed by atoms with van der Waals surface area (Å²) in [6.07, 6.45) is 7.17. The average Bonchev–Trinajstić information content (AvgIpc) is 2.85. The van der Waals surface area contributed by atoms with Gasteiger partial charge in [0, 0.05) is 18.3 Å². The molecule has 2 aromatic rings. The van der Waals surface area contributed by atoms with Gasteiger partial charge < -0.3 is 4.74 Å². The van der Waals surface area contributed by atoms with Crippen LogP contribution in [0.4, 0.5) is 0 Å². The van der Waals surface area contributed by atoms with E-state index in [0.717, 1.165) is 37.0 Å². The minimum Gasteiger partial charge on any atom is -0.469 e. The maximum atomic E-state index is 11.8. The average molecular weight is 373 g/mol. The molecule has 1 aliphatic carbocycles. The van der Waals surface area contributed by atoms with Crippen LogP contribution in [0.15, 0.2) is 17.0 Å². The summed E-state index contributed by atoms with van der Waals surface area (Å²) in [6, 6.07) is 0. The van der Waals surface area contributed by atoms with Crippen LogP contribution in [0, 0.1) is 5.92 Å². The molecule has 0 unspecified atom stereocenters. The van der Waals surface area contributed by atoms with Gasteiger partial charge >= 0.3 is 5.97 Å². The summed E-state index contributed by atoms with van der Waals surface area (Å²) in [5, 5.41) is 0.420. The summed E-state index contributed by atoms with van der Waals surface area (Å²) in [6.45, 7) is 0. The van der Waals surface area contributed by atoms with Crippen molar-refractivity contribution in [2.24, 2.45) is 5.92 Å². The molecule has 2 aromatic heterocycles. The van der Waals surface area contributed by atoms with Crippen molar-refractivity contribution in [1.29, 1.82) is 0 Å². The number of imidazole rings is 1. The molecule has 3 rings (SSSR count). The van der Waals surface area contributed by atoms with E-state index in [2.05, 4.69) is 25.9 Å². The molecule has 0 saturated heterocycles. The van der Waals surface area contributed by atoms with E-state index in [1.165, 1.54) is 7.11 Å². The number of aromatic nitrogens is 3. The third kappa shape index (κ3) is 2.66. The highest BCUT2D eigenvalue weighted by molar-refractivity contribution is 9.10. The lowest BCUT2D eigenvalue weighted by Gasteiger charge is -2.26. The van der Waals surface area contributed by atoms with Gasteiger partial charge in [-0.25, -0.2) is 9.97 Å². The molecule has 0 bridgehead atoms. The highest BCUT2D eigenvalue weighted by Crippen LogP contribution is 2.38. The molecular formula is C14H15BrClN3O2. The second-order valence-corrected chi connectivity index (χ2v) is 6.39. The van der Waals surface area contributed by atoms with Crippen LogP contribution in [0.5, 0.6) is 0 Å². The number of halogens is 2. The monoisotopic (exact) mass is 371 g/mol. The summed E-state index contributed by atoms with van der Waals surface area (Å²) in [5.74, 6) is 0.978. The Kier molecular flexibility index (Phi) is 4.17. The zero-order valence-corrected chi connectivity index (χ0v) is 13.9. The van der Waals surface area contributed by atoms with Gasteiger partial charge in [-0.15, -0.1) is 0 Å². The maximum absolute atomic E-state index is 11.8. The molecule has 0 N–H and O–H groups in total. The number of rotatable bonds is 2. The Labute approximate surface area is 135 Å². The molecule has 0 spiro atoms. The Balaban J connectivity index is 1.97. The van der Waals surface area contributed by atoms with Crippen LogP contribution in [0.25, 0.3) is 5.52 Å². The number of fused-ring (bicyclic) bond motifs is 1. The smallest absolute Gasteiger partial charge is 0.308 e. The van der Waals surface area contributed by atoms with Crippen LogP contribution in [0.3, 0.4) is 0 Å². The second kappa shape index (κ2) is 5.93. The number of carbonyl (C=O) groups is 1. The third-order valence-corrected chi connectivity index (χ3v) is 4.90. The van der Waals surface area contributed by atoms with Gasteiger partial charge in [0.05, 0.1) is 13.0 Å². The Morgan fingerprint density at radius 2 is 2.33 bits per heavy atom. The fraction of sp³-hybridized carbons (Fsp3) is 0.500. The van der Waals surface area contributed by atoms with Crippen LogP contribution in [-0.4, -0.2) is 27.4 Å². The highest BCUT2D eigenvalue weighted by Gasteiger charge is 2.31. The predicted molar refractivity (Wildman–Crippen MR) is 82.4 cm³/mol. The summed E-state index contributed by atoms with van der Waals surface area (Å²) in [7, 11) is 1.44. The van der Waals surface area contributed by atoms with E-state index in [-0.39, 0.29) is 17.8 Å². The first-order chi connectivity index (χ1) is 10.1. The van der Waals surface area contributed by atoms with E-state index in [4.69, 9.17) is 16.3 Å². The van der Waals surface area contributed by atoms with Crippen LogP contribution in [-0.2, 0) is 9.53 Å². The molecule has 112 valence electrons. The lowest BCUT2D eigenvalue weighted by atomic mass is 9.81. The molecule has 5 nitrogen and oxygen atoms in total. The molecular weight excluding hydrogens is 358 g/mol. The van der Waals surface area contributed by atoms with Crippen LogP contribution >= 0.6 is 27.5 Å². The predicted octanol–water partition coefficient (Wildman–Crippen LogP) is 3.59. The zero-order valence-electron chi connectivity index (χ0n) is 11.6. The largest absolute Gasteiger partial charge is 0.469 e. The molecule has 1 aliphatic rings. The SMILES string of the molecule is COC(=O)[C@H]1CCC[C@@H](c2nc(Br)c3c(Cl)nccn23)C1. The summed E-state index contributed by atoms with van der Waals surface area (Å²) in [4.78, 5) is 20.5. The van der Waals surface area contributed by atoms with Gasteiger partial charge in [-0.3, -0.25) is 9.20 Å². The van der Waals surface area contributed by atoms with Crippen molar-refractivity contribution >= 4 is 39.0 Å². The van der Waals surface area contributed by atoms with E-state index in [1.54, 1.807) is 6.20 Å². The Hall–Kier alpha value is -1.14. The molecule has 21 heavy (non-hydrogen) atoms. The maximum Gasteiger partial charge on any atom is 0.308 e. The van der Waals surface area contributed by atoms with Crippen molar-refractivity contribution in [2.45, 2.75) is 31.6 Å². The van der Waals surface area contributed by atoms with E-state index in [1.807, 2.05) is 10.6 Å². The van der Waals surface area contributed by atoms with Gasteiger partial charge in [0.25, 0.3) is 0 Å². The molecule has 1 saturated carbocycles. The van der Waals surface area contributed by atoms with Gasteiger partial charge in [0.1, 0.15) is 15.9 Å². The van der Waals surface area contributed by atoms with Crippen molar-refractivity contribution in [3.8, 4) is 0 Å². The quantitative estimate of drug-likeness (QED) is 0.756. The normalized spacial score (nSPS) is 22.4. The first kappa shape index (κ1) is 14.8. The molecule has 2 atom stereocenters. The van der Waals surface area contributed by atoms with E-state index >= 15 is 0 Å². The minimum absolute atomic E-state index is 0.0443. The molecule has 7 heteroatoms. The number of esters is 1. The first-order valence-corrected chi connectivity index (χ1v) is 8.04. The molecule has 0 amide bonds. The van der Waals surface area contributed by atoms with Gasteiger partial charge in [-0.1, -0.05) is 18.0 Å². The Morgan fingerprint density at radius 3 is 3.10 bits per heavy atom. The van der Waals surface area contributed by atoms with Gasteiger partial charge in [0.2, 0.25) is 0 Å². The number of nitrogens with zero attached hydrogens (tertiary/aromatic N) is 3. The number of methoxy groups -OCH3 is 1. The van der Waals surface area contributed by atoms with Crippen LogP contribution in [0.2, 0.25) is 5.15 Å². The third-order valence-electron chi connectivity index (χ3n) is 4.07. The van der Waals surface area contributed by atoms with E-state index in [0.29, 0.717) is 9.76 Å². The van der Waals surface area contributed by atoms with Crippen molar-refractivity contribution < 1.29 is 9.53 Å². The topological polar surface area (TPSA) is 56.5 Å². The zero-order chi connectivity index (χ0) is 15.0. The Morgan fingerprint density at radius 1 is 1.52 bits per heavy atom. The summed E-state index contributed by atoms with van der Waals surface area (Å²) in [5.41, 5.74) is 0.773. The van der Waals surface area contributed by atoms with E-state index < -0.39 is 0 Å². The number of hydrogen-bond donors (Lipinski definition) is 0. The molecule has 0 aliphatic heterocycles. The summed E-state index contributed by atoms with van der Waals surface area (Å²) >= 11 is 9.58. The molecule has 0 radical (unpaired) electrons. The fourth-order valence-electron chi connectivity index (χ4n) is 3.08. The lowest BCUT2D eigenvalue weighted by molar-refractivity contribution is -0.146. The molecule has 2 heterocycles. The van der Waals surface area contributed by atoms with Gasteiger partial charge in [0.15, 0.2) is 5.15 Å². The minimum atomic E-state index is -0.126.